The molecule has 76 valence electrons. The van der Waals surface area contributed by atoms with Crippen molar-refractivity contribution in [3.63, 3.8) is 0 Å². The molecular weight excluding hydrogens is 184 g/mol. The molecule has 0 saturated carbocycles. The number of carboxylic acid groups (broad SMARTS) is 2. The van der Waals surface area contributed by atoms with Crippen molar-refractivity contribution < 1.29 is 19.8 Å². The first-order valence-electron chi connectivity index (χ1n) is 4.40. The molecule has 0 radical (unpaired) electrons. The highest BCUT2D eigenvalue weighted by Gasteiger charge is 2.20. The van der Waals surface area contributed by atoms with Gasteiger partial charge >= 0.3 is 11.9 Å². The Morgan fingerprint density at radius 2 is 2.00 bits per heavy atom. The Balaban J connectivity index is 3.10. The molecule has 0 saturated heterocycles. The van der Waals surface area contributed by atoms with Crippen LogP contribution in [-0.4, -0.2) is 22.2 Å². The minimum Gasteiger partial charge on any atom is -0.478 e. The Labute approximate surface area is 81.6 Å². The molecule has 4 nitrogen and oxygen atoms in total. The molecule has 0 bridgehead atoms. The molecule has 0 spiro atoms. The van der Waals surface area contributed by atoms with Crippen molar-refractivity contribution in [3.8, 4) is 0 Å². The summed E-state index contributed by atoms with van der Waals surface area (Å²) in [6, 6.07) is 0. The van der Waals surface area contributed by atoms with Crippen LogP contribution in [0.15, 0.2) is 23.3 Å². The van der Waals surface area contributed by atoms with Gasteiger partial charge in [-0.2, -0.15) is 0 Å². The van der Waals surface area contributed by atoms with Crippen LogP contribution in [0.25, 0.3) is 0 Å². The number of rotatable bonds is 2. The second-order valence-corrected chi connectivity index (χ2v) is 3.38. The minimum absolute atomic E-state index is 0.00176. The van der Waals surface area contributed by atoms with Crippen molar-refractivity contribution in [2.45, 2.75) is 19.8 Å². The molecule has 0 fully saturated rings. The van der Waals surface area contributed by atoms with E-state index in [9.17, 15) is 9.59 Å². The number of carboxylic acids is 2. The Kier molecular flexibility index (Phi) is 3.06. The van der Waals surface area contributed by atoms with Gasteiger partial charge in [-0.25, -0.2) is 9.59 Å². The zero-order valence-corrected chi connectivity index (χ0v) is 7.86. The molecule has 1 rings (SSSR count). The van der Waals surface area contributed by atoms with Crippen LogP contribution < -0.4 is 0 Å². The van der Waals surface area contributed by atoms with Gasteiger partial charge in [0.15, 0.2) is 0 Å². The van der Waals surface area contributed by atoms with Gasteiger partial charge in [0.1, 0.15) is 0 Å². The van der Waals surface area contributed by atoms with Crippen LogP contribution in [-0.2, 0) is 9.59 Å². The zero-order valence-electron chi connectivity index (χ0n) is 7.86. The Bertz CT molecular complexity index is 325. The maximum atomic E-state index is 10.8. The van der Waals surface area contributed by atoms with Crippen LogP contribution in [0.5, 0.6) is 0 Å². The van der Waals surface area contributed by atoms with E-state index in [0.717, 1.165) is 0 Å². The Morgan fingerprint density at radius 1 is 1.36 bits per heavy atom. The first kappa shape index (κ1) is 10.5. The molecular formula is C10H12O4. The summed E-state index contributed by atoms with van der Waals surface area (Å²) in [4.78, 5) is 21.5. The molecule has 0 aromatic heterocycles. The molecule has 0 amide bonds. The topological polar surface area (TPSA) is 74.6 Å². The van der Waals surface area contributed by atoms with E-state index in [1.54, 1.807) is 6.08 Å². The van der Waals surface area contributed by atoms with Gasteiger partial charge in [0.05, 0.1) is 11.1 Å². The SMILES string of the molecule is CC1C=CC(C(=O)O)=C(C(=O)O)CC1. The van der Waals surface area contributed by atoms with E-state index < -0.39 is 11.9 Å². The summed E-state index contributed by atoms with van der Waals surface area (Å²) in [5, 5.41) is 17.6. The van der Waals surface area contributed by atoms with E-state index in [-0.39, 0.29) is 17.1 Å². The zero-order chi connectivity index (χ0) is 10.7. The third-order valence-corrected chi connectivity index (χ3v) is 2.25. The van der Waals surface area contributed by atoms with E-state index in [2.05, 4.69) is 0 Å². The van der Waals surface area contributed by atoms with E-state index >= 15 is 0 Å². The fourth-order valence-electron chi connectivity index (χ4n) is 1.39. The number of carbonyl (C=O) groups is 2. The van der Waals surface area contributed by atoms with Gasteiger partial charge in [-0.05, 0) is 18.8 Å². The molecule has 1 atom stereocenters. The third-order valence-electron chi connectivity index (χ3n) is 2.25. The predicted molar refractivity (Wildman–Crippen MR) is 49.8 cm³/mol. The highest BCUT2D eigenvalue weighted by molar-refractivity contribution is 6.01. The molecule has 0 aromatic rings. The molecule has 2 N–H and O–H groups in total. The van der Waals surface area contributed by atoms with Crippen molar-refractivity contribution >= 4 is 11.9 Å². The molecule has 1 aliphatic carbocycles. The van der Waals surface area contributed by atoms with Crippen molar-refractivity contribution in [2.24, 2.45) is 5.92 Å². The van der Waals surface area contributed by atoms with Gasteiger partial charge < -0.3 is 10.2 Å². The average Bonchev–Trinajstić information content (AvgIpc) is 2.26. The summed E-state index contributed by atoms with van der Waals surface area (Å²) in [5.74, 6) is -2.09. The maximum absolute atomic E-state index is 10.8. The lowest BCUT2D eigenvalue weighted by Gasteiger charge is -2.03. The third kappa shape index (κ3) is 2.22. The van der Waals surface area contributed by atoms with Crippen molar-refractivity contribution in [1.29, 1.82) is 0 Å². The minimum atomic E-state index is -1.17. The van der Waals surface area contributed by atoms with Crippen LogP contribution in [0, 0.1) is 5.92 Å². The van der Waals surface area contributed by atoms with E-state index in [4.69, 9.17) is 10.2 Å². The predicted octanol–water partition coefficient (Wildman–Crippen LogP) is 1.44. The summed E-state index contributed by atoms with van der Waals surface area (Å²) in [6.07, 6.45) is 4.11. The molecule has 0 heterocycles. The second kappa shape index (κ2) is 4.09. The number of aliphatic carboxylic acids is 2. The molecule has 0 aromatic carbocycles. The summed E-state index contributed by atoms with van der Waals surface area (Å²) in [5.41, 5.74) is -0.0973. The normalized spacial score (nSPS) is 21.9. The van der Waals surface area contributed by atoms with E-state index in [0.29, 0.717) is 12.8 Å². The molecule has 14 heavy (non-hydrogen) atoms. The molecule has 0 aliphatic heterocycles. The molecule has 1 unspecified atom stereocenters. The van der Waals surface area contributed by atoms with Crippen molar-refractivity contribution in [1.82, 2.24) is 0 Å². The fourth-order valence-corrected chi connectivity index (χ4v) is 1.39. The van der Waals surface area contributed by atoms with Crippen LogP contribution in [0.2, 0.25) is 0 Å². The maximum Gasteiger partial charge on any atom is 0.336 e. The second-order valence-electron chi connectivity index (χ2n) is 3.38. The van der Waals surface area contributed by atoms with Crippen LogP contribution in [0.4, 0.5) is 0 Å². The quantitative estimate of drug-likeness (QED) is 0.700. The largest absolute Gasteiger partial charge is 0.478 e. The lowest BCUT2D eigenvalue weighted by atomic mass is 10.0. The summed E-state index contributed by atoms with van der Waals surface area (Å²) >= 11 is 0. The molecule has 1 aliphatic rings. The van der Waals surface area contributed by atoms with Gasteiger partial charge in [0.25, 0.3) is 0 Å². The summed E-state index contributed by atoms with van der Waals surface area (Å²) in [7, 11) is 0. The number of hydrogen-bond donors (Lipinski definition) is 2. The highest BCUT2D eigenvalue weighted by Crippen LogP contribution is 2.22. The van der Waals surface area contributed by atoms with Gasteiger partial charge in [0, 0.05) is 0 Å². The van der Waals surface area contributed by atoms with Crippen LogP contribution >= 0.6 is 0 Å². The Hall–Kier alpha value is -1.58. The fraction of sp³-hybridized carbons (Fsp3) is 0.400. The summed E-state index contributed by atoms with van der Waals surface area (Å²) < 4.78 is 0. The Morgan fingerprint density at radius 3 is 2.50 bits per heavy atom. The number of allylic oxidation sites excluding steroid dienone is 1. The van der Waals surface area contributed by atoms with Crippen LogP contribution in [0.3, 0.4) is 0 Å². The smallest absolute Gasteiger partial charge is 0.336 e. The van der Waals surface area contributed by atoms with Crippen molar-refractivity contribution in [2.75, 3.05) is 0 Å². The first-order chi connectivity index (χ1) is 6.52. The van der Waals surface area contributed by atoms with Gasteiger partial charge in [0.2, 0.25) is 0 Å². The monoisotopic (exact) mass is 196 g/mol. The van der Waals surface area contributed by atoms with Gasteiger partial charge in [-0.3, -0.25) is 0 Å². The van der Waals surface area contributed by atoms with E-state index in [1.165, 1.54) is 6.08 Å². The summed E-state index contributed by atoms with van der Waals surface area (Å²) in [6.45, 7) is 1.93. The average molecular weight is 196 g/mol. The van der Waals surface area contributed by atoms with Crippen molar-refractivity contribution in [3.05, 3.63) is 23.3 Å². The van der Waals surface area contributed by atoms with Crippen LogP contribution in [0.1, 0.15) is 19.8 Å². The standard InChI is InChI=1S/C10H12O4/c1-6-2-4-7(9(11)12)8(5-3-6)10(13)14/h2,4,6H,3,5H2,1H3,(H,11,12)(H,13,14). The number of hydrogen-bond acceptors (Lipinski definition) is 2. The van der Waals surface area contributed by atoms with E-state index in [1.807, 2.05) is 6.92 Å². The lowest BCUT2D eigenvalue weighted by molar-refractivity contribution is -0.135. The first-order valence-corrected chi connectivity index (χ1v) is 4.40. The molecule has 4 heteroatoms. The highest BCUT2D eigenvalue weighted by atomic mass is 16.4. The van der Waals surface area contributed by atoms with Gasteiger partial charge in [-0.15, -0.1) is 0 Å². The lowest BCUT2D eigenvalue weighted by Crippen LogP contribution is -2.09. The van der Waals surface area contributed by atoms with Gasteiger partial charge in [-0.1, -0.05) is 19.1 Å².